The lowest BCUT2D eigenvalue weighted by Gasteiger charge is -2.37. The van der Waals surface area contributed by atoms with Crippen LogP contribution in [0.4, 0.5) is 0 Å². The first-order chi connectivity index (χ1) is 16.4. The molecule has 3 rings (SSSR count). The number of aliphatic hydroxyl groups is 1. The summed E-state index contributed by atoms with van der Waals surface area (Å²) in [5.41, 5.74) is 1.84. The number of ether oxygens (including phenoxy) is 3. The third-order valence-corrected chi connectivity index (χ3v) is 6.25. The van der Waals surface area contributed by atoms with Crippen LogP contribution < -0.4 is 0 Å². The number of rotatable bonds is 12. The monoisotopic (exact) mass is 477 g/mol. The average Bonchev–Trinajstić information content (AvgIpc) is 2.82. The lowest BCUT2D eigenvalue weighted by Crippen LogP contribution is -2.52. The van der Waals surface area contributed by atoms with Gasteiger partial charge in [-0.25, -0.2) is 0 Å². The van der Waals surface area contributed by atoms with Crippen LogP contribution in [-0.2, 0) is 14.2 Å². The van der Waals surface area contributed by atoms with Gasteiger partial charge in [0.2, 0.25) is 0 Å². The molecule has 1 aromatic rings. The number of hydrogen-bond acceptors (Lipinski definition) is 7. The number of benzene rings is 1. The number of carbonyl (C=O) groups excluding carboxylic acids is 1. The molecule has 2 heterocycles. The number of morpholine rings is 2. The molecular weight excluding hydrogens is 434 g/mol. The molecule has 2 atom stereocenters. The Bertz CT molecular complexity index is 724. The van der Waals surface area contributed by atoms with Crippen molar-refractivity contribution in [1.82, 2.24) is 14.7 Å². The second kappa shape index (κ2) is 14.1. The molecule has 1 aromatic carbocycles. The van der Waals surface area contributed by atoms with E-state index in [1.807, 2.05) is 36.1 Å². The first-order valence-electron chi connectivity index (χ1n) is 12.7. The van der Waals surface area contributed by atoms with Crippen LogP contribution in [0.15, 0.2) is 24.3 Å². The third-order valence-electron chi connectivity index (χ3n) is 6.25. The molecular formula is C26H43N3O5. The summed E-state index contributed by atoms with van der Waals surface area (Å²) >= 11 is 0. The molecule has 0 aromatic heterocycles. The Hall–Kier alpha value is -1.55. The Labute approximate surface area is 204 Å². The molecule has 1 amide bonds. The maximum Gasteiger partial charge on any atom is 0.253 e. The normalized spacial score (nSPS) is 21.0. The van der Waals surface area contributed by atoms with E-state index in [4.69, 9.17) is 14.2 Å². The zero-order chi connectivity index (χ0) is 24.3. The minimum atomic E-state index is -0.524. The molecule has 2 fully saturated rings. The number of hydrogen-bond donors (Lipinski definition) is 1. The highest BCUT2D eigenvalue weighted by atomic mass is 16.5. The van der Waals surface area contributed by atoms with Gasteiger partial charge in [0.15, 0.2) is 0 Å². The molecule has 0 radical (unpaired) electrons. The van der Waals surface area contributed by atoms with Crippen molar-refractivity contribution in [3.05, 3.63) is 35.4 Å². The van der Waals surface area contributed by atoms with Crippen LogP contribution in [0.3, 0.4) is 0 Å². The van der Waals surface area contributed by atoms with Crippen LogP contribution in [0.1, 0.15) is 29.8 Å². The smallest absolute Gasteiger partial charge is 0.253 e. The fraction of sp³-hybridized carbons (Fsp3) is 0.731. The van der Waals surface area contributed by atoms with Gasteiger partial charge in [-0.15, -0.1) is 0 Å². The minimum Gasteiger partial charge on any atom is -0.389 e. The molecule has 0 bridgehead atoms. The van der Waals surface area contributed by atoms with Crippen molar-refractivity contribution in [3.63, 3.8) is 0 Å². The van der Waals surface area contributed by atoms with E-state index in [0.717, 1.165) is 45.0 Å². The molecule has 2 aliphatic heterocycles. The van der Waals surface area contributed by atoms with Crippen molar-refractivity contribution in [2.75, 3.05) is 85.4 Å². The molecule has 34 heavy (non-hydrogen) atoms. The van der Waals surface area contributed by atoms with Crippen molar-refractivity contribution < 1.29 is 24.1 Å². The van der Waals surface area contributed by atoms with Gasteiger partial charge in [-0.1, -0.05) is 31.5 Å². The van der Waals surface area contributed by atoms with E-state index in [1.165, 1.54) is 0 Å². The summed E-state index contributed by atoms with van der Waals surface area (Å²) in [5, 5.41) is 10.4. The Morgan fingerprint density at radius 2 is 1.82 bits per heavy atom. The van der Waals surface area contributed by atoms with Crippen molar-refractivity contribution >= 4 is 5.91 Å². The maximum atomic E-state index is 13.4. The first kappa shape index (κ1) is 27.0. The summed E-state index contributed by atoms with van der Waals surface area (Å²) in [5.74, 6) is 0.491. The first-order valence-corrected chi connectivity index (χ1v) is 12.7. The molecule has 8 nitrogen and oxygen atoms in total. The minimum absolute atomic E-state index is 0.0381. The average molecular weight is 478 g/mol. The Morgan fingerprint density at radius 1 is 1.12 bits per heavy atom. The Balaban J connectivity index is 1.56. The summed E-state index contributed by atoms with van der Waals surface area (Å²) in [6.07, 6.45) is -0.610. The SMILES string of the molecule is Cc1ccc(C(=O)N(CCN2CCOCC2)C[C@H]2CN(C[C@@H](O)COCC(C)C)CCO2)cc1. The van der Waals surface area contributed by atoms with Crippen LogP contribution in [-0.4, -0.2) is 123 Å². The van der Waals surface area contributed by atoms with Crippen molar-refractivity contribution in [2.24, 2.45) is 5.92 Å². The summed E-state index contributed by atoms with van der Waals surface area (Å²) in [4.78, 5) is 19.9. The van der Waals surface area contributed by atoms with Gasteiger partial charge in [-0.2, -0.15) is 0 Å². The molecule has 8 heteroatoms. The van der Waals surface area contributed by atoms with Gasteiger partial charge >= 0.3 is 0 Å². The molecule has 1 N–H and O–H groups in total. The summed E-state index contributed by atoms with van der Waals surface area (Å²) in [6, 6.07) is 7.77. The van der Waals surface area contributed by atoms with Gasteiger partial charge in [0, 0.05) is 64.5 Å². The fourth-order valence-corrected chi connectivity index (χ4v) is 4.33. The highest BCUT2D eigenvalue weighted by Gasteiger charge is 2.27. The van der Waals surface area contributed by atoms with E-state index in [2.05, 4.69) is 23.6 Å². The lowest BCUT2D eigenvalue weighted by molar-refractivity contribution is -0.0604. The number of aliphatic hydroxyl groups excluding tert-OH is 1. The molecule has 0 aliphatic carbocycles. The second-order valence-electron chi connectivity index (χ2n) is 9.91. The Kier molecular flexibility index (Phi) is 11.2. The lowest BCUT2D eigenvalue weighted by atomic mass is 10.1. The molecule has 192 valence electrons. The largest absolute Gasteiger partial charge is 0.389 e. The quantitative estimate of drug-likeness (QED) is 0.489. The predicted molar refractivity (Wildman–Crippen MR) is 132 cm³/mol. The van der Waals surface area contributed by atoms with Gasteiger partial charge in [0.05, 0.1) is 38.6 Å². The number of amides is 1. The van der Waals surface area contributed by atoms with Crippen LogP contribution in [0.2, 0.25) is 0 Å². The van der Waals surface area contributed by atoms with E-state index in [1.54, 1.807) is 0 Å². The van der Waals surface area contributed by atoms with E-state index in [9.17, 15) is 9.90 Å². The second-order valence-corrected chi connectivity index (χ2v) is 9.91. The van der Waals surface area contributed by atoms with Crippen LogP contribution >= 0.6 is 0 Å². The van der Waals surface area contributed by atoms with Crippen molar-refractivity contribution in [2.45, 2.75) is 33.0 Å². The standard InChI is InChI=1S/C26H43N3O5/c1-21(2)19-33-20-24(30)16-28-12-15-34-25(17-28)18-29(9-8-27-10-13-32-14-11-27)26(31)23-6-4-22(3)5-7-23/h4-7,21,24-25,30H,8-20H2,1-3H3/t24-,25-/m1/s1. The van der Waals surface area contributed by atoms with Crippen molar-refractivity contribution in [3.8, 4) is 0 Å². The van der Waals surface area contributed by atoms with Crippen LogP contribution in [0, 0.1) is 12.8 Å². The third kappa shape index (κ3) is 9.24. The topological polar surface area (TPSA) is 74.7 Å². The maximum absolute atomic E-state index is 13.4. The molecule has 0 unspecified atom stereocenters. The van der Waals surface area contributed by atoms with Gasteiger partial charge in [-0.05, 0) is 25.0 Å². The highest BCUT2D eigenvalue weighted by Crippen LogP contribution is 2.13. The van der Waals surface area contributed by atoms with Gasteiger partial charge in [0.1, 0.15) is 0 Å². The van der Waals surface area contributed by atoms with Crippen LogP contribution in [0.25, 0.3) is 0 Å². The summed E-state index contributed by atoms with van der Waals surface area (Å²) in [7, 11) is 0. The molecule has 2 aliphatic rings. The fourth-order valence-electron chi connectivity index (χ4n) is 4.33. The number of aryl methyl sites for hydroxylation is 1. The zero-order valence-corrected chi connectivity index (χ0v) is 21.2. The van der Waals surface area contributed by atoms with E-state index < -0.39 is 6.10 Å². The van der Waals surface area contributed by atoms with E-state index in [-0.39, 0.29) is 12.0 Å². The molecule has 2 saturated heterocycles. The number of nitrogens with zero attached hydrogens (tertiary/aromatic N) is 3. The van der Waals surface area contributed by atoms with E-state index in [0.29, 0.717) is 57.5 Å². The van der Waals surface area contributed by atoms with Gasteiger partial charge < -0.3 is 24.2 Å². The van der Waals surface area contributed by atoms with E-state index >= 15 is 0 Å². The summed E-state index contributed by atoms with van der Waals surface area (Å²) < 4.78 is 17.1. The number of carbonyl (C=O) groups is 1. The number of β-amino-alcohol motifs (C(OH)–C–C–N with tert-alkyl or cyclic N) is 1. The highest BCUT2D eigenvalue weighted by molar-refractivity contribution is 5.94. The molecule has 0 spiro atoms. The van der Waals surface area contributed by atoms with Gasteiger partial charge in [0.25, 0.3) is 5.91 Å². The summed E-state index contributed by atoms with van der Waals surface area (Å²) in [6.45, 7) is 15.1. The molecule has 0 saturated carbocycles. The van der Waals surface area contributed by atoms with Gasteiger partial charge in [-0.3, -0.25) is 14.6 Å². The Morgan fingerprint density at radius 3 is 2.53 bits per heavy atom. The van der Waals surface area contributed by atoms with Crippen LogP contribution in [0.5, 0.6) is 0 Å². The van der Waals surface area contributed by atoms with Crippen molar-refractivity contribution in [1.29, 1.82) is 0 Å². The zero-order valence-electron chi connectivity index (χ0n) is 21.2. The predicted octanol–water partition coefficient (Wildman–Crippen LogP) is 1.50.